The van der Waals surface area contributed by atoms with Gasteiger partial charge in [-0.25, -0.2) is 4.98 Å². The average molecular weight is 530 g/mol. The maximum atomic E-state index is 13.0. The highest BCUT2D eigenvalue weighted by Crippen LogP contribution is 2.26. The van der Waals surface area contributed by atoms with E-state index in [0.717, 1.165) is 66.7 Å². The predicted molar refractivity (Wildman–Crippen MR) is 155 cm³/mol. The third-order valence-electron chi connectivity index (χ3n) is 8.05. The highest BCUT2D eigenvalue weighted by molar-refractivity contribution is 5.94. The molecule has 40 heavy (non-hydrogen) atoms. The quantitative estimate of drug-likeness (QED) is 0.277. The number of nitrogens with zero attached hydrogens (tertiary/aromatic N) is 7. The Balaban J connectivity index is 1.06. The number of benzene rings is 3. The van der Waals surface area contributed by atoms with Crippen LogP contribution >= 0.6 is 0 Å². The molecule has 0 bridgehead atoms. The molecule has 0 aliphatic carbocycles. The van der Waals surface area contributed by atoms with E-state index in [2.05, 4.69) is 57.1 Å². The summed E-state index contributed by atoms with van der Waals surface area (Å²) in [6, 6.07) is 28.8. The Bertz CT molecular complexity index is 1780. The zero-order valence-corrected chi connectivity index (χ0v) is 22.4. The number of carbonyl (C=O) groups excluding carboxylic acids is 1. The molecule has 200 valence electrons. The van der Waals surface area contributed by atoms with Crippen molar-refractivity contribution in [1.29, 1.82) is 0 Å². The molecule has 1 aliphatic rings. The molecule has 0 saturated carbocycles. The molecular weight excluding hydrogens is 498 g/mol. The maximum Gasteiger partial charge on any atom is 0.258 e. The van der Waals surface area contributed by atoms with Gasteiger partial charge in [0.15, 0.2) is 11.5 Å². The Morgan fingerprint density at radius 3 is 2.38 bits per heavy atom. The molecule has 0 atom stereocenters. The van der Waals surface area contributed by atoms with E-state index in [1.165, 1.54) is 5.56 Å². The van der Waals surface area contributed by atoms with Crippen molar-refractivity contribution in [1.82, 2.24) is 34.1 Å². The van der Waals surface area contributed by atoms with E-state index in [9.17, 15) is 4.79 Å². The van der Waals surface area contributed by atoms with Gasteiger partial charge in [0.1, 0.15) is 5.82 Å². The first kappa shape index (κ1) is 24.5. The number of hydrogen-bond acceptors (Lipinski definition) is 5. The van der Waals surface area contributed by atoms with Crippen molar-refractivity contribution < 1.29 is 4.79 Å². The molecule has 1 fully saturated rings. The number of amides is 1. The number of likely N-dealkylation sites (tertiary alicyclic amines) is 1. The van der Waals surface area contributed by atoms with Crippen LogP contribution in [0.1, 0.15) is 37.1 Å². The fraction of sp³-hybridized carbons (Fsp3) is 0.281. The van der Waals surface area contributed by atoms with Crippen molar-refractivity contribution in [3.05, 3.63) is 96.3 Å². The molecule has 0 unspecified atom stereocenters. The first-order chi connectivity index (χ1) is 19.7. The van der Waals surface area contributed by atoms with Crippen LogP contribution in [0.4, 0.5) is 0 Å². The smallest absolute Gasteiger partial charge is 0.258 e. The number of aryl methyl sites for hydroxylation is 1. The Labute approximate surface area is 232 Å². The molecule has 0 N–H and O–H groups in total. The van der Waals surface area contributed by atoms with E-state index in [0.29, 0.717) is 30.4 Å². The van der Waals surface area contributed by atoms with Crippen molar-refractivity contribution in [2.75, 3.05) is 13.1 Å². The van der Waals surface area contributed by atoms with Crippen LogP contribution in [0.5, 0.6) is 0 Å². The van der Waals surface area contributed by atoms with E-state index in [1.807, 2.05) is 47.4 Å². The Hall–Kier alpha value is -4.59. The normalized spacial score (nSPS) is 14.4. The van der Waals surface area contributed by atoms with E-state index in [1.54, 1.807) is 4.52 Å². The van der Waals surface area contributed by atoms with Crippen molar-refractivity contribution in [3.8, 4) is 11.4 Å². The van der Waals surface area contributed by atoms with Gasteiger partial charge < -0.3 is 4.90 Å². The minimum atomic E-state index is 0.239. The van der Waals surface area contributed by atoms with E-state index < -0.39 is 0 Å². The lowest BCUT2D eigenvalue weighted by atomic mass is 9.90. The van der Waals surface area contributed by atoms with Crippen LogP contribution in [-0.2, 0) is 17.6 Å². The summed E-state index contributed by atoms with van der Waals surface area (Å²) in [4.78, 5) is 19.9. The van der Waals surface area contributed by atoms with Crippen molar-refractivity contribution in [2.24, 2.45) is 5.92 Å². The summed E-state index contributed by atoms with van der Waals surface area (Å²) in [5.74, 6) is 3.01. The van der Waals surface area contributed by atoms with Gasteiger partial charge in [-0.3, -0.25) is 9.20 Å². The number of rotatable bonds is 7. The fourth-order valence-corrected chi connectivity index (χ4v) is 5.94. The second kappa shape index (κ2) is 10.5. The molecule has 1 saturated heterocycles. The van der Waals surface area contributed by atoms with E-state index in [-0.39, 0.29) is 5.91 Å². The molecular formula is C32H31N7O. The highest BCUT2D eigenvalue weighted by Gasteiger charge is 2.23. The number of para-hydroxylation sites is 1. The number of hydrogen-bond donors (Lipinski definition) is 0. The summed E-state index contributed by atoms with van der Waals surface area (Å²) in [6.07, 6.45) is 5.14. The molecule has 3 aromatic carbocycles. The molecule has 1 amide bonds. The van der Waals surface area contributed by atoms with Gasteiger partial charge in [0.2, 0.25) is 5.91 Å². The molecule has 3 aromatic heterocycles. The predicted octanol–water partition coefficient (Wildman–Crippen LogP) is 5.40. The largest absolute Gasteiger partial charge is 0.343 e. The van der Waals surface area contributed by atoms with Crippen LogP contribution in [0.2, 0.25) is 0 Å². The molecule has 6 aromatic rings. The Kier molecular flexibility index (Phi) is 6.43. The first-order valence-electron chi connectivity index (χ1n) is 14.1. The number of carbonyl (C=O) groups is 1. The van der Waals surface area contributed by atoms with Crippen LogP contribution < -0.4 is 0 Å². The molecule has 0 spiro atoms. The minimum absolute atomic E-state index is 0.239. The SMILES string of the molecule is O=C(CCCc1nnc2n3nc(-c4ccccc4)nc3c3ccccc3n12)N1CCC(Cc2ccccc2)CC1. The van der Waals surface area contributed by atoms with Gasteiger partial charge in [-0.05, 0) is 49.3 Å². The summed E-state index contributed by atoms with van der Waals surface area (Å²) in [5.41, 5.74) is 4.09. The van der Waals surface area contributed by atoms with Gasteiger partial charge in [0, 0.05) is 36.9 Å². The maximum absolute atomic E-state index is 13.0. The van der Waals surface area contributed by atoms with Crippen molar-refractivity contribution in [2.45, 2.75) is 38.5 Å². The molecule has 8 nitrogen and oxygen atoms in total. The fourth-order valence-electron chi connectivity index (χ4n) is 5.94. The van der Waals surface area contributed by atoms with Gasteiger partial charge in [0.05, 0.1) is 5.52 Å². The number of aromatic nitrogens is 6. The van der Waals surface area contributed by atoms with Gasteiger partial charge in [-0.1, -0.05) is 72.8 Å². The number of piperidine rings is 1. The third-order valence-corrected chi connectivity index (χ3v) is 8.05. The lowest BCUT2D eigenvalue weighted by molar-refractivity contribution is -0.132. The van der Waals surface area contributed by atoms with E-state index in [4.69, 9.17) is 10.1 Å². The molecule has 0 radical (unpaired) electrons. The zero-order valence-electron chi connectivity index (χ0n) is 22.4. The van der Waals surface area contributed by atoms with Crippen molar-refractivity contribution in [3.63, 3.8) is 0 Å². The summed E-state index contributed by atoms with van der Waals surface area (Å²) in [7, 11) is 0. The monoisotopic (exact) mass is 529 g/mol. The summed E-state index contributed by atoms with van der Waals surface area (Å²) >= 11 is 0. The second-order valence-corrected chi connectivity index (χ2v) is 10.7. The van der Waals surface area contributed by atoms with Crippen LogP contribution in [0, 0.1) is 5.92 Å². The summed E-state index contributed by atoms with van der Waals surface area (Å²) < 4.78 is 3.84. The van der Waals surface area contributed by atoms with Crippen molar-refractivity contribution >= 4 is 28.2 Å². The number of fused-ring (bicyclic) bond motifs is 6. The lowest BCUT2D eigenvalue weighted by Crippen LogP contribution is -2.38. The summed E-state index contributed by atoms with van der Waals surface area (Å²) in [6.45, 7) is 1.70. The van der Waals surface area contributed by atoms with Gasteiger partial charge >= 0.3 is 0 Å². The first-order valence-corrected chi connectivity index (χ1v) is 14.1. The van der Waals surface area contributed by atoms with Crippen LogP contribution in [0.3, 0.4) is 0 Å². The highest BCUT2D eigenvalue weighted by atomic mass is 16.2. The van der Waals surface area contributed by atoms with Gasteiger partial charge in [0.25, 0.3) is 5.78 Å². The zero-order chi connectivity index (χ0) is 26.9. The third kappa shape index (κ3) is 4.59. The van der Waals surface area contributed by atoms with E-state index >= 15 is 0 Å². The average Bonchev–Trinajstić information content (AvgIpc) is 3.64. The summed E-state index contributed by atoms with van der Waals surface area (Å²) in [5, 5.41) is 14.8. The van der Waals surface area contributed by atoms with Gasteiger partial charge in [-0.15, -0.1) is 15.3 Å². The Morgan fingerprint density at radius 1 is 0.850 bits per heavy atom. The van der Waals surface area contributed by atoms with Gasteiger partial charge in [-0.2, -0.15) is 4.52 Å². The van der Waals surface area contributed by atoms with Crippen LogP contribution in [0.25, 0.3) is 33.7 Å². The second-order valence-electron chi connectivity index (χ2n) is 10.7. The van der Waals surface area contributed by atoms with Crippen LogP contribution in [0.15, 0.2) is 84.9 Å². The lowest BCUT2D eigenvalue weighted by Gasteiger charge is -2.32. The molecule has 7 rings (SSSR count). The molecule has 8 heteroatoms. The van der Waals surface area contributed by atoms with Crippen LogP contribution in [-0.4, -0.2) is 53.1 Å². The topological polar surface area (TPSA) is 80.7 Å². The molecule has 1 aliphatic heterocycles. The minimum Gasteiger partial charge on any atom is -0.343 e. The standard InChI is InChI=1S/C32H31N7O/c40-29(37-20-18-24(19-21-37)22-23-10-3-1-4-11-23)17-9-16-28-34-35-32-38(28)27-15-8-7-14-26(27)31-33-30(36-39(31)32)25-12-5-2-6-13-25/h1-8,10-15,24H,9,16-22H2. The molecule has 4 heterocycles. The Morgan fingerprint density at radius 2 is 1.57 bits per heavy atom.